The standard InChI is InChI=1S/C15H26O4.C4H7NO3/c1-9-4-5-11-10(2)8-17-14-13(11)12(9)6-7-15(3,18-14)19-16;6-3-1-5(2-3)4(7)8/h9-14,16H,4-8H2,1-3H3;3,6H,1-2H2,(H,7,8)/t9?,10-,11?,12?,13?,14+,15?;/m0./s1. The molecular formula is C19H33NO7. The number of rotatable bonds is 1. The smallest absolute Gasteiger partial charge is 0.407 e. The Morgan fingerprint density at radius 2 is 1.81 bits per heavy atom. The summed E-state index contributed by atoms with van der Waals surface area (Å²) in [5, 5.41) is 25.9. The summed E-state index contributed by atoms with van der Waals surface area (Å²) in [5.74, 6) is 2.20. The van der Waals surface area contributed by atoms with Crippen LogP contribution in [0, 0.1) is 29.6 Å². The first kappa shape index (κ1) is 20.8. The van der Waals surface area contributed by atoms with Crippen molar-refractivity contribution in [3.05, 3.63) is 0 Å². The van der Waals surface area contributed by atoms with Gasteiger partial charge in [-0.3, -0.25) is 0 Å². The quantitative estimate of drug-likeness (QED) is 0.469. The molecule has 0 radical (unpaired) electrons. The minimum absolute atomic E-state index is 0.214. The van der Waals surface area contributed by atoms with Crippen molar-refractivity contribution in [2.24, 2.45) is 29.6 Å². The van der Waals surface area contributed by atoms with Crippen molar-refractivity contribution in [3.63, 3.8) is 0 Å². The molecule has 8 nitrogen and oxygen atoms in total. The predicted octanol–water partition coefficient (Wildman–Crippen LogP) is 2.61. The summed E-state index contributed by atoms with van der Waals surface area (Å²) in [6.45, 7) is 7.75. The zero-order valence-electron chi connectivity index (χ0n) is 16.4. The third-order valence-electron chi connectivity index (χ3n) is 6.87. The lowest BCUT2D eigenvalue weighted by atomic mass is 9.61. The molecule has 1 aliphatic carbocycles. The molecule has 27 heavy (non-hydrogen) atoms. The highest BCUT2D eigenvalue weighted by Crippen LogP contribution is 2.52. The highest BCUT2D eigenvalue weighted by Gasteiger charge is 2.52. The number of aliphatic hydroxyl groups excluding tert-OH is 1. The summed E-state index contributed by atoms with van der Waals surface area (Å²) in [6.07, 6.45) is 2.78. The zero-order valence-corrected chi connectivity index (χ0v) is 16.4. The number of carbonyl (C=O) groups is 1. The van der Waals surface area contributed by atoms with Gasteiger partial charge in [-0.1, -0.05) is 20.3 Å². The molecule has 4 rings (SSSR count). The molecule has 1 saturated carbocycles. The molecule has 0 aromatic rings. The van der Waals surface area contributed by atoms with E-state index in [4.69, 9.17) is 24.9 Å². The van der Waals surface area contributed by atoms with E-state index in [1.807, 2.05) is 6.92 Å². The topological polar surface area (TPSA) is 109 Å². The Labute approximate surface area is 160 Å². The molecule has 4 aliphatic rings. The summed E-state index contributed by atoms with van der Waals surface area (Å²) < 4.78 is 11.9. The Balaban J connectivity index is 0.000000221. The third-order valence-corrected chi connectivity index (χ3v) is 6.87. The summed E-state index contributed by atoms with van der Waals surface area (Å²) in [6, 6.07) is 0. The van der Waals surface area contributed by atoms with Gasteiger partial charge in [-0.05, 0) is 43.4 Å². The van der Waals surface area contributed by atoms with E-state index in [1.165, 1.54) is 12.8 Å². The number of aliphatic hydroxyl groups is 1. The molecule has 4 fully saturated rings. The van der Waals surface area contributed by atoms with E-state index in [-0.39, 0.29) is 19.4 Å². The van der Waals surface area contributed by atoms with Gasteiger partial charge in [0.15, 0.2) is 6.29 Å². The second kappa shape index (κ2) is 8.21. The first-order valence-electron chi connectivity index (χ1n) is 10.0. The molecule has 3 saturated heterocycles. The van der Waals surface area contributed by atoms with Crippen LogP contribution in [0.15, 0.2) is 0 Å². The molecule has 1 amide bonds. The normalized spacial score (nSPS) is 44.3. The number of β-amino-alcohol motifs (C(OH)–C–C–N with tert-alkyl or cyclic N) is 1. The van der Waals surface area contributed by atoms with Crippen LogP contribution in [0.1, 0.15) is 46.5 Å². The van der Waals surface area contributed by atoms with E-state index in [0.717, 1.165) is 24.3 Å². The van der Waals surface area contributed by atoms with E-state index in [2.05, 4.69) is 18.7 Å². The average Bonchev–Trinajstić information content (AvgIpc) is 2.76. The van der Waals surface area contributed by atoms with Crippen molar-refractivity contribution >= 4 is 6.09 Å². The van der Waals surface area contributed by atoms with Crippen LogP contribution in [0.3, 0.4) is 0 Å². The maximum absolute atomic E-state index is 9.94. The maximum atomic E-state index is 9.94. The first-order valence-corrected chi connectivity index (χ1v) is 10.0. The van der Waals surface area contributed by atoms with Gasteiger partial charge in [-0.15, -0.1) is 0 Å². The van der Waals surface area contributed by atoms with Crippen molar-refractivity contribution < 1.29 is 34.6 Å². The number of carboxylic acid groups (broad SMARTS) is 1. The number of likely N-dealkylation sites (tertiary alicyclic amines) is 1. The number of hydrogen-bond acceptors (Lipinski definition) is 6. The molecule has 3 aliphatic heterocycles. The fourth-order valence-electron chi connectivity index (χ4n) is 5.11. The average molecular weight is 387 g/mol. The summed E-state index contributed by atoms with van der Waals surface area (Å²) in [4.78, 5) is 15.7. The number of hydrogen-bond donors (Lipinski definition) is 3. The Bertz CT molecular complexity index is 526. The Morgan fingerprint density at radius 1 is 1.15 bits per heavy atom. The minimum Gasteiger partial charge on any atom is -0.465 e. The number of amides is 1. The monoisotopic (exact) mass is 387 g/mol. The van der Waals surface area contributed by atoms with Crippen molar-refractivity contribution in [1.82, 2.24) is 4.90 Å². The molecule has 0 bridgehead atoms. The van der Waals surface area contributed by atoms with Crippen LogP contribution in [0.4, 0.5) is 4.79 Å². The van der Waals surface area contributed by atoms with Gasteiger partial charge in [0.2, 0.25) is 5.79 Å². The SMILES string of the molecule is CC1CCC2C3C1CCC(C)(OO)O[C@H]3OC[C@@H]2C.O=C(O)N1CC(O)C1. The largest absolute Gasteiger partial charge is 0.465 e. The van der Waals surface area contributed by atoms with Gasteiger partial charge >= 0.3 is 6.09 Å². The van der Waals surface area contributed by atoms with Crippen LogP contribution in [0.5, 0.6) is 0 Å². The van der Waals surface area contributed by atoms with E-state index >= 15 is 0 Å². The van der Waals surface area contributed by atoms with Gasteiger partial charge in [-0.2, -0.15) is 0 Å². The second-order valence-electron chi connectivity index (χ2n) is 8.86. The Morgan fingerprint density at radius 3 is 2.37 bits per heavy atom. The van der Waals surface area contributed by atoms with Gasteiger partial charge < -0.3 is 24.6 Å². The zero-order chi connectivity index (χ0) is 19.8. The van der Waals surface area contributed by atoms with Gasteiger partial charge in [-0.25, -0.2) is 14.9 Å². The van der Waals surface area contributed by atoms with E-state index in [1.54, 1.807) is 0 Å². The fourth-order valence-corrected chi connectivity index (χ4v) is 5.11. The van der Waals surface area contributed by atoms with Crippen LogP contribution < -0.4 is 0 Å². The lowest BCUT2D eigenvalue weighted by Crippen LogP contribution is -2.52. The second-order valence-corrected chi connectivity index (χ2v) is 8.86. The van der Waals surface area contributed by atoms with Crippen molar-refractivity contribution in [3.8, 4) is 0 Å². The van der Waals surface area contributed by atoms with Crippen molar-refractivity contribution in [2.45, 2.75) is 64.6 Å². The van der Waals surface area contributed by atoms with E-state index in [0.29, 0.717) is 29.6 Å². The van der Waals surface area contributed by atoms with Gasteiger partial charge in [0.05, 0.1) is 25.8 Å². The van der Waals surface area contributed by atoms with Crippen molar-refractivity contribution in [2.75, 3.05) is 19.7 Å². The van der Waals surface area contributed by atoms with Gasteiger partial charge in [0.1, 0.15) is 0 Å². The van der Waals surface area contributed by atoms with Gasteiger partial charge in [0.25, 0.3) is 0 Å². The molecule has 8 heteroatoms. The summed E-state index contributed by atoms with van der Waals surface area (Å²) in [7, 11) is 0. The molecule has 0 spiro atoms. The van der Waals surface area contributed by atoms with Crippen molar-refractivity contribution in [1.29, 1.82) is 0 Å². The summed E-state index contributed by atoms with van der Waals surface area (Å²) in [5.41, 5.74) is 0. The lowest BCUT2D eigenvalue weighted by molar-refractivity contribution is -0.431. The molecule has 7 atom stereocenters. The molecule has 5 unspecified atom stereocenters. The minimum atomic E-state index is -0.949. The molecule has 156 valence electrons. The molecular weight excluding hydrogens is 354 g/mol. The highest BCUT2D eigenvalue weighted by atomic mass is 17.1. The fraction of sp³-hybridized carbons (Fsp3) is 0.947. The molecule has 0 aromatic heterocycles. The van der Waals surface area contributed by atoms with Crippen LogP contribution in [0.2, 0.25) is 0 Å². The van der Waals surface area contributed by atoms with Crippen LogP contribution in [-0.2, 0) is 14.4 Å². The molecule has 3 N–H and O–H groups in total. The predicted molar refractivity (Wildman–Crippen MR) is 95.8 cm³/mol. The first-order chi connectivity index (χ1) is 12.7. The Kier molecular flexibility index (Phi) is 6.32. The van der Waals surface area contributed by atoms with E-state index in [9.17, 15) is 4.79 Å². The molecule has 0 aromatic carbocycles. The molecule has 3 heterocycles. The van der Waals surface area contributed by atoms with Gasteiger partial charge in [0, 0.05) is 12.3 Å². The Hall–Kier alpha value is -0.930. The lowest BCUT2D eigenvalue weighted by Gasteiger charge is -2.49. The van der Waals surface area contributed by atoms with Crippen LogP contribution in [-0.4, -0.2) is 64.3 Å². The number of nitrogens with zero attached hydrogens (tertiary/aromatic N) is 1. The maximum Gasteiger partial charge on any atom is 0.407 e. The third kappa shape index (κ3) is 4.40. The van der Waals surface area contributed by atoms with Crippen LogP contribution in [0.25, 0.3) is 0 Å². The van der Waals surface area contributed by atoms with Crippen LogP contribution >= 0.6 is 0 Å². The summed E-state index contributed by atoms with van der Waals surface area (Å²) >= 11 is 0. The van der Waals surface area contributed by atoms with E-state index < -0.39 is 18.0 Å². The number of ether oxygens (including phenoxy) is 2. The highest BCUT2D eigenvalue weighted by molar-refractivity contribution is 5.66.